The Kier molecular flexibility index (Phi) is 6.14. The highest BCUT2D eigenvalue weighted by Crippen LogP contribution is 2.20. The van der Waals surface area contributed by atoms with Crippen molar-refractivity contribution in [2.24, 2.45) is 0 Å². The van der Waals surface area contributed by atoms with Crippen LogP contribution in [0, 0.1) is 6.92 Å². The predicted octanol–water partition coefficient (Wildman–Crippen LogP) is 3.83. The van der Waals surface area contributed by atoms with Crippen LogP contribution in [0.1, 0.15) is 30.5 Å². The molecule has 1 amide bonds. The fraction of sp³-hybridized carbons (Fsp3) is 0.304. The van der Waals surface area contributed by atoms with Gasteiger partial charge in [-0.15, -0.1) is 0 Å². The van der Waals surface area contributed by atoms with Crippen molar-refractivity contribution in [1.82, 2.24) is 9.88 Å². The third-order valence-corrected chi connectivity index (χ3v) is 4.92. The topological polar surface area (TPSA) is 62.4 Å². The number of hydrogen-bond acceptors (Lipinski definition) is 3. The maximum absolute atomic E-state index is 12.5. The van der Waals surface area contributed by atoms with Crippen molar-refractivity contribution in [2.45, 2.75) is 33.7 Å². The Morgan fingerprint density at radius 2 is 1.89 bits per heavy atom. The molecule has 0 atom stereocenters. The number of benzene rings is 2. The molecule has 0 aliphatic carbocycles. The molecule has 1 aromatic heterocycles. The SMILES string of the molecule is CCOc1ccc2[nH]c(=O)c(CN(CCc3ccccc3C)C(C)=O)cc2c1. The summed E-state index contributed by atoms with van der Waals surface area (Å²) in [5.41, 5.74) is 3.58. The van der Waals surface area contributed by atoms with E-state index in [9.17, 15) is 9.59 Å². The monoisotopic (exact) mass is 378 g/mol. The molecule has 0 bridgehead atoms. The Bertz CT molecular complexity index is 1040. The summed E-state index contributed by atoms with van der Waals surface area (Å²) in [5, 5.41) is 0.892. The number of H-pyrrole nitrogens is 1. The number of carbonyl (C=O) groups is 1. The molecule has 146 valence electrons. The Labute approximate surface area is 165 Å². The van der Waals surface area contributed by atoms with Crippen LogP contribution in [0.5, 0.6) is 5.75 Å². The second kappa shape index (κ2) is 8.74. The quantitative estimate of drug-likeness (QED) is 0.680. The Balaban J connectivity index is 1.82. The molecule has 0 spiro atoms. The molecule has 0 unspecified atom stereocenters. The maximum atomic E-state index is 12.5. The molecule has 0 aliphatic heterocycles. The van der Waals surface area contributed by atoms with Gasteiger partial charge in [-0.1, -0.05) is 24.3 Å². The van der Waals surface area contributed by atoms with E-state index in [2.05, 4.69) is 24.0 Å². The van der Waals surface area contributed by atoms with Gasteiger partial charge < -0.3 is 14.6 Å². The van der Waals surface area contributed by atoms with Crippen molar-refractivity contribution in [3.05, 3.63) is 75.6 Å². The largest absolute Gasteiger partial charge is 0.494 e. The number of pyridine rings is 1. The van der Waals surface area contributed by atoms with E-state index in [4.69, 9.17) is 4.74 Å². The molecule has 3 rings (SSSR count). The molecule has 1 heterocycles. The summed E-state index contributed by atoms with van der Waals surface area (Å²) in [4.78, 5) is 29.3. The first-order chi connectivity index (χ1) is 13.5. The number of rotatable bonds is 7. The van der Waals surface area contributed by atoms with E-state index in [1.807, 2.05) is 43.3 Å². The normalized spacial score (nSPS) is 10.8. The number of fused-ring (bicyclic) bond motifs is 1. The minimum atomic E-state index is -0.168. The second-order valence-corrected chi connectivity index (χ2v) is 6.92. The Morgan fingerprint density at radius 3 is 2.61 bits per heavy atom. The van der Waals surface area contributed by atoms with Gasteiger partial charge in [-0.2, -0.15) is 0 Å². The number of aromatic amines is 1. The van der Waals surface area contributed by atoms with Gasteiger partial charge in [0.05, 0.1) is 13.2 Å². The van der Waals surface area contributed by atoms with Crippen LogP contribution < -0.4 is 10.3 Å². The van der Waals surface area contributed by atoms with Gasteiger partial charge in [0.15, 0.2) is 0 Å². The fourth-order valence-corrected chi connectivity index (χ4v) is 3.30. The van der Waals surface area contributed by atoms with E-state index >= 15 is 0 Å². The van der Waals surface area contributed by atoms with Gasteiger partial charge in [0.2, 0.25) is 5.91 Å². The zero-order valence-electron chi connectivity index (χ0n) is 16.6. The third kappa shape index (κ3) is 4.60. The van der Waals surface area contributed by atoms with Crippen LogP contribution in [-0.2, 0) is 17.8 Å². The van der Waals surface area contributed by atoms with Crippen molar-refractivity contribution in [3.8, 4) is 5.75 Å². The van der Waals surface area contributed by atoms with Gasteiger partial charge in [-0.05, 0) is 55.7 Å². The molecule has 0 saturated carbocycles. The number of nitrogens with one attached hydrogen (secondary N) is 1. The summed E-state index contributed by atoms with van der Waals surface area (Å²) >= 11 is 0. The fourth-order valence-electron chi connectivity index (χ4n) is 3.30. The zero-order valence-corrected chi connectivity index (χ0v) is 16.6. The molecule has 3 aromatic rings. The highest BCUT2D eigenvalue weighted by Gasteiger charge is 2.13. The number of nitrogens with zero attached hydrogens (tertiary/aromatic N) is 1. The first kappa shape index (κ1) is 19.7. The molecule has 0 radical (unpaired) electrons. The number of ether oxygens (including phenoxy) is 1. The standard InChI is InChI=1S/C23H26N2O3/c1-4-28-21-9-10-22-19(14-21)13-20(23(27)24-22)15-25(17(3)26)12-11-18-8-6-5-7-16(18)2/h5-10,13-14H,4,11-12,15H2,1-3H3,(H,24,27). The summed E-state index contributed by atoms with van der Waals surface area (Å²) < 4.78 is 5.55. The van der Waals surface area contributed by atoms with E-state index in [0.717, 1.165) is 23.1 Å². The van der Waals surface area contributed by atoms with Crippen LogP contribution in [0.15, 0.2) is 53.3 Å². The van der Waals surface area contributed by atoms with Crippen molar-refractivity contribution in [3.63, 3.8) is 0 Å². The summed E-state index contributed by atoms with van der Waals surface area (Å²) in [6.45, 7) is 6.97. The molecule has 0 saturated heterocycles. The van der Waals surface area contributed by atoms with Crippen LogP contribution >= 0.6 is 0 Å². The van der Waals surface area contributed by atoms with Crippen LogP contribution in [0.4, 0.5) is 0 Å². The first-order valence-electron chi connectivity index (χ1n) is 9.56. The summed E-state index contributed by atoms with van der Waals surface area (Å²) in [6.07, 6.45) is 0.756. The van der Waals surface area contributed by atoms with E-state index in [1.165, 1.54) is 11.1 Å². The molecule has 5 nitrogen and oxygen atoms in total. The van der Waals surface area contributed by atoms with Crippen LogP contribution in [0.2, 0.25) is 0 Å². The predicted molar refractivity (Wildman–Crippen MR) is 112 cm³/mol. The molecular formula is C23H26N2O3. The van der Waals surface area contributed by atoms with E-state index < -0.39 is 0 Å². The van der Waals surface area contributed by atoms with Gasteiger partial charge >= 0.3 is 0 Å². The Hall–Kier alpha value is -3.08. The smallest absolute Gasteiger partial charge is 0.253 e. The zero-order chi connectivity index (χ0) is 20.1. The number of aryl methyl sites for hydroxylation is 1. The second-order valence-electron chi connectivity index (χ2n) is 6.92. The lowest BCUT2D eigenvalue weighted by Gasteiger charge is -2.21. The number of carbonyl (C=O) groups excluding carboxylic acids is 1. The van der Waals surface area contributed by atoms with Gasteiger partial charge in [0, 0.05) is 29.9 Å². The van der Waals surface area contributed by atoms with Gasteiger partial charge in [0.1, 0.15) is 5.75 Å². The van der Waals surface area contributed by atoms with Crippen LogP contribution in [-0.4, -0.2) is 28.9 Å². The Morgan fingerprint density at radius 1 is 1.11 bits per heavy atom. The van der Waals surface area contributed by atoms with Gasteiger partial charge in [0.25, 0.3) is 5.56 Å². The lowest BCUT2D eigenvalue weighted by molar-refractivity contribution is -0.129. The molecule has 28 heavy (non-hydrogen) atoms. The average Bonchev–Trinajstić information content (AvgIpc) is 2.67. The molecule has 0 aliphatic rings. The van der Waals surface area contributed by atoms with Crippen molar-refractivity contribution in [1.29, 1.82) is 0 Å². The van der Waals surface area contributed by atoms with Crippen LogP contribution in [0.25, 0.3) is 10.9 Å². The third-order valence-electron chi connectivity index (χ3n) is 4.92. The molecule has 2 aromatic carbocycles. The highest BCUT2D eigenvalue weighted by molar-refractivity contribution is 5.80. The minimum absolute atomic E-state index is 0.0452. The lowest BCUT2D eigenvalue weighted by atomic mass is 10.1. The van der Waals surface area contributed by atoms with Gasteiger partial charge in [-0.25, -0.2) is 0 Å². The number of hydrogen-bond donors (Lipinski definition) is 1. The van der Waals surface area contributed by atoms with Crippen molar-refractivity contribution >= 4 is 16.8 Å². The molecule has 0 fully saturated rings. The summed E-state index contributed by atoms with van der Waals surface area (Å²) in [5.74, 6) is 0.715. The number of aromatic nitrogens is 1. The average molecular weight is 378 g/mol. The van der Waals surface area contributed by atoms with Crippen LogP contribution in [0.3, 0.4) is 0 Å². The minimum Gasteiger partial charge on any atom is -0.494 e. The van der Waals surface area contributed by atoms with Gasteiger partial charge in [-0.3, -0.25) is 9.59 Å². The first-order valence-corrected chi connectivity index (χ1v) is 9.56. The van der Waals surface area contributed by atoms with E-state index in [0.29, 0.717) is 18.7 Å². The molecule has 5 heteroatoms. The van der Waals surface area contributed by atoms with E-state index in [-0.39, 0.29) is 18.0 Å². The summed E-state index contributed by atoms with van der Waals surface area (Å²) in [7, 11) is 0. The summed E-state index contributed by atoms with van der Waals surface area (Å²) in [6, 6.07) is 15.6. The maximum Gasteiger partial charge on any atom is 0.253 e. The lowest BCUT2D eigenvalue weighted by Crippen LogP contribution is -2.32. The van der Waals surface area contributed by atoms with E-state index in [1.54, 1.807) is 11.8 Å². The highest BCUT2D eigenvalue weighted by atomic mass is 16.5. The molecule has 1 N–H and O–H groups in total. The molecular weight excluding hydrogens is 352 g/mol. The van der Waals surface area contributed by atoms with Crippen molar-refractivity contribution in [2.75, 3.05) is 13.2 Å². The van der Waals surface area contributed by atoms with Crippen molar-refractivity contribution < 1.29 is 9.53 Å². The number of amides is 1.